The van der Waals surface area contributed by atoms with E-state index < -0.39 is 0 Å². The molecule has 0 amide bonds. The number of anilines is 1. The standard InChI is InChI=1S/C18H29FN2/c1-4-10-20-14(3)17-12-16(19)8-9-18(17)21-11-6-7-15(5-2)13-21/h8-9,12,14-15,20H,4-7,10-11,13H2,1-3H3. The first-order valence-electron chi connectivity index (χ1n) is 8.43. The highest BCUT2D eigenvalue weighted by Crippen LogP contribution is 2.31. The van der Waals surface area contributed by atoms with E-state index >= 15 is 0 Å². The summed E-state index contributed by atoms with van der Waals surface area (Å²) < 4.78 is 13.7. The summed E-state index contributed by atoms with van der Waals surface area (Å²) in [5, 5.41) is 3.49. The van der Waals surface area contributed by atoms with Gasteiger partial charge in [-0.3, -0.25) is 0 Å². The molecule has 118 valence electrons. The Bertz CT molecular complexity index is 447. The first kappa shape index (κ1) is 16.3. The fourth-order valence-electron chi connectivity index (χ4n) is 3.25. The van der Waals surface area contributed by atoms with E-state index in [0.29, 0.717) is 0 Å². The van der Waals surface area contributed by atoms with Gasteiger partial charge in [0.1, 0.15) is 5.82 Å². The fourth-order valence-corrected chi connectivity index (χ4v) is 3.25. The van der Waals surface area contributed by atoms with Crippen LogP contribution in [0.2, 0.25) is 0 Å². The van der Waals surface area contributed by atoms with Gasteiger partial charge in [-0.05, 0) is 62.4 Å². The molecule has 1 aromatic carbocycles. The fraction of sp³-hybridized carbons (Fsp3) is 0.667. The molecular weight excluding hydrogens is 263 g/mol. The molecule has 2 rings (SSSR count). The number of nitrogens with one attached hydrogen (secondary N) is 1. The van der Waals surface area contributed by atoms with Gasteiger partial charge >= 0.3 is 0 Å². The smallest absolute Gasteiger partial charge is 0.123 e. The molecule has 0 radical (unpaired) electrons. The van der Waals surface area contributed by atoms with E-state index in [0.717, 1.165) is 37.5 Å². The minimum absolute atomic E-state index is 0.136. The maximum atomic E-state index is 13.7. The molecule has 21 heavy (non-hydrogen) atoms. The van der Waals surface area contributed by atoms with Gasteiger partial charge in [-0.2, -0.15) is 0 Å². The Balaban J connectivity index is 2.21. The lowest BCUT2D eigenvalue weighted by Gasteiger charge is -2.36. The molecule has 1 fully saturated rings. The molecule has 0 bridgehead atoms. The highest BCUT2D eigenvalue weighted by molar-refractivity contribution is 5.55. The number of nitrogens with zero attached hydrogens (tertiary/aromatic N) is 1. The van der Waals surface area contributed by atoms with Crippen molar-refractivity contribution in [3.05, 3.63) is 29.6 Å². The van der Waals surface area contributed by atoms with Crippen molar-refractivity contribution in [3.63, 3.8) is 0 Å². The van der Waals surface area contributed by atoms with Crippen LogP contribution < -0.4 is 10.2 Å². The van der Waals surface area contributed by atoms with Crippen molar-refractivity contribution in [1.82, 2.24) is 5.32 Å². The predicted octanol–water partition coefficient (Wildman–Crippen LogP) is 4.51. The quantitative estimate of drug-likeness (QED) is 0.829. The molecule has 1 saturated heterocycles. The number of hydrogen-bond acceptors (Lipinski definition) is 2. The summed E-state index contributed by atoms with van der Waals surface area (Å²) in [6, 6.07) is 5.46. The molecule has 0 spiro atoms. The van der Waals surface area contributed by atoms with E-state index in [2.05, 4.69) is 31.0 Å². The summed E-state index contributed by atoms with van der Waals surface area (Å²) in [6.45, 7) is 9.73. The normalized spacial score (nSPS) is 20.6. The van der Waals surface area contributed by atoms with Crippen LogP contribution in [0.1, 0.15) is 58.1 Å². The molecule has 2 nitrogen and oxygen atoms in total. The molecule has 0 aliphatic carbocycles. The zero-order valence-corrected chi connectivity index (χ0v) is 13.7. The van der Waals surface area contributed by atoms with E-state index in [9.17, 15) is 4.39 Å². The number of benzene rings is 1. The molecule has 1 aliphatic heterocycles. The van der Waals surface area contributed by atoms with Gasteiger partial charge in [0.15, 0.2) is 0 Å². The maximum absolute atomic E-state index is 13.7. The van der Waals surface area contributed by atoms with Crippen LogP contribution in [-0.4, -0.2) is 19.6 Å². The van der Waals surface area contributed by atoms with Crippen LogP contribution in [0.15, 0.2) is 18.2 Å². The minimum atomic E-state index is -0.136. The second-order valence-corrected chi connectivity index (χ2v) is 6.24. The molecule has 1 heterocycles. The molecule has 1 aliphatic rings. The van der Waals surface area contributed by atoms with Crippen LogP contribution in [0.5, 0.6) is 0 Å². The van der Waals surface area contributed by atoms with Crippen LogP contribution in [0.4, 0.5) is 10.1 Å². The lowest BCUT2D eigenvalue weighted by molar-refractivity contribution is 0.403. The minimum Gasteiger partial charge on any atom is -0.371 e. The van der Waals surface area contributed by atoms with E-state index in [1.165, 1.54) is 24.9 Å². The highest BCUT2D eigenvalue weighted by atomic mass is 19.1. The summed E-state index contributed by atoms with van der Waals surface area (Å²) in [4.78, 5) is 2.45. The average Bonchev–Trinajstić information content (AvgIpc) is 2.52. The zero-order chi connectivity index (χ0) is 15.2. The first-order valence-corrected chi connectivity index (χ1v) is 8.43. The Labute approximate surface area is 128 Å². The summed E-state index contributed by atoms with van der Waals surface area (Å²) in [5.41, 5.74) is 2.31. The van der Waals surface area contributed by atoms with Crippen molar-refractivity contribution < 1.29 is 4.39 Å². The molecule has 1 N–H and O–H groups in total. The highest BCUT2D eigenvalue weighted by Gasteiger charge is 2.22. The van der Waals surface area contributed by atoms with E-state index in [-0.39, 0.29) is 11.9 Å². The van der Waals surface area contributed by atoms with Crippen LogP contribution in [0, 0.1) is 11.7 Å². The monoisotopic (exact) mass is 292 g/mol. The van der Waals surface area contributed by atoms with Gasteiger partial charge in [0.2, 0.25) is 0 Å². The van der Waals surface area contributed by atoms with Crippen molar-refractivity contribution in [2.45, 2.75) is 52.5 Å². The predicted molar refractivity (Wildman–Crippen MR) is 88.3 cm³/mol. The zero-order valence-electron chi connectivity index (χ0n) is 13.7. The number of hydrogen-bond donors (Lipinski definition) is 1. The van der Waals surface area contributed by atoms with Crippen molar-refractivity contribution in [2.75, 3.05) is 24.5 Å². The molecule has 0 aromatic heterocycles. The van der Waals surface area contributed by atoms with Crippen LogP contribution in [-0.2, 0) is 0 Å². The number of halogens is 1. The Morgan fingerprint density at radius 3 is 2.90 bits per heavy atom. The number of rotatable bonds is 6. The molecular formula is C18H29FN2. The van der Waals surface area contributed by atoms with E-state index in [4.69, 9.17) is 0 Å². The second kappa shape index (κ2) is 7.79. The van der Waals surface area contributed by atoms with Crippen molar-refractivity contribution in [3.8, 4) is 0 Å². The van der Waals surface area contributed by atoms with Gasteiger partial charge in [0, 0.05) is 24.8 Å². The van der Waals surface area contributed by atoms with Crippen LogP contribution in [0.3, 0.4) is 0 Å². The Kier molecular flexibility index (Phi) is 6.04. The average molecular weight is 292 g/mol. The topological polar surface area (TPSA) is 15.3 Å². The second-order valence-electron chi connectivity index (χ2n) is 6.24. The SMILES string of the molecule is CCCNC(C)c1cc(F)ccc1N1CCCC(CC)C1. The first-order chi connectivity index (χ1) is 10.2. The van der Waals surface area contributed by atoms with Gasteiger partial charge in [-0.15, -0.1) is 0 Å². The van der Waals surface area contributed by atoms with Gasteiger partial charge < -0.3 is 10.2 Å². The van der Waals surface area contributed by atoms with Crippen LogP contribution in [0.25, 0.3) is 0 Å². The van der Waals surface area contributed by atoms with Gasteiger partial charge in [-0.1, -0.05) is 20.3 Å². The lowest BCUT2D eigenvalue weighted by atomic mass is 9.94. The Morgan fingerprint density at radius 2 is 2.19 bits per heavy atom. The summed E-state index contributed by atoms with van der Waals surface area (Å²) >= 11 is 0. The lowest BCUT2D eigenvalue weighted by Crippen LogP contribution is -2.36. The number of piperidine rings is 1. The van der Waals surface area contributed by atoms with E-state index in [1.54, 1.807) is 12.1 Å². The summed E-state index contributed by atoms with van der Waals surface area (Å²) in [7, 11) is 0. The summed E-state index contributed by atoms with van der Waals surface area (Å²) in [5.74, 6) is 0.638. The molecule has 0 saturated carbocycles. The van der Waals surface area contributed by atoms with E-state index in [1.807, 2.05) is 6.07 Å². The van der Waals surface area contributed by atoms with Crippen LogP contribution >= 0.6 is 0 Å². The summed E-state index contributed by atoms with van der Waals surface area (Å²) in [6.07, 6.45) is 4.90. The van der Waals surface area contributed by atoms with Crippen molar-refractivity contribution in [1.29, 1.82) is 0 Å². The van der Waals surface area contributed by atoms with Crippen molar-refractivity contribution in [2.24, 2.45) is 5.92 Å². The molecule has 2 atom stereocenters. The van der Waals surface area contributed by atoms with Crippen molar-refractivity contribution >= 4 is 5.69 Å². The third-order valence-corrected chi connectivity index (χ3v) is 4.59. The maximum Gasteiger partial charge on any atom is 0.123 e. The largest absolute Gasteiger partial charge is 0.371 e. The molecule has 1 aromatic rings. The Hall–Kier alpha value is -1.09. The molecule has 2 unspecified atom stereocenters. The Morgan fingerprint density at radius 1 is 1.38 bits per heavy atom. The van der Waals surface area contributed by atoms with Gasteiger partial charge in [0.25, 0.3) is 0 Å². The van der Waals surface area contributed by atoms with Gasteiger partial charge in [0.05, 0.1) is 0 Å². The molecule has 3 heteroatoms. The van der Waals surface area contributed by atoms with Gasteiger partial charge in [-0.25, -0.2) is 4.39 Å². The third kappa shape index (κ3) is 4.19. The third-order valence-electron chi connectivity index (χ3n) is 4.59.